The molecule has 4 aliphatic carbocycles. The van der Waals surface area contributed by atoms with Crippen molar-refractivity contribution < 1.29 is 9.30 Å². The van der Waals surface area contributed by atoms with Crippen LogP contribution in [-0.2, 0) is 12.5 Å². The van der Waals surface area contributed by atoms with E-state index >= 15 is 0 Å². The van der Waals surface area contributed by atoms with E-state index in [1.807, 2.05) is 17.7 Å². The molecular formula is C29H29N2OS+. The number of aromatic nitrogens is 2. The second kappa shape index (κ2) is 6.15. The summed E-state index contributed by atoms with van der Waals surface area (Å²) >= 11 is 1.94. The highest BCUT2D eigenvalue weighted by Gasteiger charge is 2.54. The van der Waals surface area contributed by atoms with Crippen molar-refractivity contribution in [3.63, 3.8) is 0 Å². The van der Waals surface area contributed by atoms with Crippen molar-refractivity contribution in [3.05, 3.63) is 46.6 Å². The van der Waals surface area contributed by atoms with Crippen LogP contribution < -0.4 is 9.30 Å². The molecule has 0 atom stereocenters. The van der Waals surface area contributed by atoms with Crippen LogP contribution in [0.4, 0.5) is 0 Å². The summed E-state index contributed by atoms with van der Waals surface area (Å²) in [6.07, 6.45) is 10.5. The topological polar surface area (TPSA) is 26.0 Å². The van der Waals surface area contributed by atoms with Crippen molar-refractivity contribution in [2.45, 2.75) is 57.8 Å². The molecule has 4 saturated carbocycles. The molecule has 5 aliphatic rings. The van der Waals surface area contributed by atoms with Crippen LogP contribution in [0.15, 0.2) is 30.6 Å². The summed E-state index contributed by atoms with van der Waals surface area (Å²) in [5.41, 5.74) is 5.41. The van der Waals surface area contributed by atoms with Crippen molar-refractivity contribution >= 4 is 32.3 Å². The highest BCUT2D eigenvalue weighted by atomic mass is 32.1. The molecule has 0 N–H and O–H groups in total. The van der Waals surface area contributed by atoms with Crippen LogP contribution >= 0.6 is 11.3 Å². The van der Waals surface area contributed by atoms with E-state index in [0.29, 0.717) is 5.41 Å². The van der Waals surface area contributed by atoms with Gasteiger partial charge in [0.1, 0.15) is 11.1 Å². The minimum atomic E-state index is 0.308. The van der Waals surface area contributed by atoms with Crippen molar-refractivity contribution in [1.29, 1.82) is 0 Å². The van der Waals surface area contributed by atoms with Gasteiger partial charge in [0, 0.05) is 11.0 Å². The van der Waals surface area contributed by atoms with Gasteiger partial charge in [0.15, 0.2) is 11.4 Å². The normalized spacial score (nSPS) is 29.0. The molecule has 4 heteroatoms. The van der Waals surface area contributed by atoms with Crippen LogP contribution in [0.25, 0.3) is 32.2 Å². The SMILES string of the molecule is Cc1c2c(c(C)c3ccccc13)-c1c3c(c(C45CC6CC(CC(C6)C4)C5)sc3nc[n+]1C)O2. The summed E-state index contributed by atoms with van der Waals surface area (Å²) in [7, 11) is 2.15. The number of hydrogen-bond acceptors (Lipinski definition) is 3. The standard InChI is InChI=1S/C29H29N2OS/c1-15-20-6-4-5-7-21(20)16(2)25-22(15)24-23-26(32-25)27(33-28(23)30-14-31(24)3)29-11-17-8-18(12-29)10-19(9-17)13-29/h4-7,14,17-19H,8-13H2,1-3H3/q+1. The first kappa shape index (κ1) is 18.9. The van der Waals surface area contributed by atoms with Crippen LogP contribution in [0, 0.1) is 31.6 Å². The molecular weight excluding hydrogens is 424 g/mol. The van der Waals surface area contributed by atoms with Crippen LogP contribution in [0.1, 0.15) is 54.5 Å². The first-order valence-electron chi connectivity index (χ1n) is 12.5. The zero-order valence-corrected chi connectivity index (χ0v) is 20.4. The van der Waals surface area contributed by atoms with Crippen molar-refractivity contribution in [2.24, 2.45) is 24.8 Å². The molecule has 166 valence electrons. The predicted molar refractivity (Wildman–Crippen MR) is 133 cm³/mol. The number of benzene rings is 2. The fraction of sp³-hybridized carbons (Fsp3) is 0.448. The fourth-order valence-corrected chi connectivity index (χ4v) is 9.77. The smallest absolute Gasteiger partial charge is 0.288 e. The lowest BCUT2D eigenvalue weighted by Crippen LogP contribution is -2.48. The Balaban J connectivity index is 1.45. The molecule has 4 aromatic rings. The first-order valence-corrected chi connectivity index (χ1v) is 13.4. The van der Waals surface area contributed by atoms with Gasteiger partial charge in [0.2, 0.25) is 4.83 Å². The highest BCUT2D eigenvalue weighted by molar-refractivity contribution is 7.19. The molecule has 0 radical (unpaired) electrons. The third-order valence-corrected chi connectivity index (χ3v) is 10.7. The summed E-state index contributed by atoms with van der Waals surface area (Å²) in [6.45, 7) is 4.49. The first-order chi connectivity index (χ1) is 16.0. The van der Waals surface area contributed by atoms with Gasteiger partial charge in [-0.1, -0.05) is 35.6 Å². The fourth-order valence-electron chi connectivity index (χ4n) is 8.48. The average molecular weight is 454 g/mol. The lowest BCUT2D eigenvalue weighted by molar-refractivity contribution is -0.662. The number of rotatable bonds is 1. The van der Waals surface area contributed by atoms with Gasteiger partial charge in [-0.05, 0) is 91.4 Å². The Bertz CT molecular complexity index is 1480. The van der Waals surface area contributed by atoms with E-state index in [1.165, 1.54) is 81.9 Å². The van der Waals surface area contributed by atoms with E-state index in [4.69, 9.17) is 9.72 Å². The molecule has 4 bridgehead atoms. The van der Waals surface area contributed by atoms with E-state index in [0.717, 1.165) is 34.1 Å². The van der Waals surface area contributed by atoms with Gasteiger partial charge in [0.05, 0.1) is 17.5 Å². The molecule has 33 heavy (non-hydrogen) atoms. The van der Waals surface area contributed by atoms with Gasteiger partial charge >= 0.3 is 0 Å². The summed E-state index contributed by atoms with van der Waals surface area (Å²) in [6, 6.07) is 8.78. The minimum Gasteiger partial charge on any atom is -0.454 e. The largest absolute Gasteiger partial charge is 0.454 e. The summed E-state index contributed by atoms with van der Waals surface area (Å²) in [4.78, 5) is 7.58. The molecule has 3 heterocycles. The minimum absolute atomic E-state index is 0.308. The Morgan fingerprint density at radius 2 is 1.58 bits per heavy atom. The van der Waals surface area contributed by atoms with Gasteiger partial charge < -0.3 is 4.74 Å². The molecule has 2 aromatic heterocycles. The molecule has 1 aliphatic heterocycles. The van der Waals surface area contributed by atoms with Crippen LogP contribution in [0.3, 0.4) is 0 Å². The third-order valence-electron chi connectivity index (χ3n) is 9.42. The Hall–Kier alpha value is -2.46. The second-order valence-electron chi connectivity index (χ2n) is 11.4. The zero-order valence-electron chi connectivity index (χ0n) is 19.6. The molecule has 4 fully saturated rings. The quantitative estimate of drug-likeness (QED) is 0.252. The Kier molecular flexibility index (Phi) is 3.53. The van der Waals surface area contributed by atoms with Crippen LogP contribution in [0.2, 0.25) is 0 Å². The van der Waals surface area contributed by atoms with E-state index < -0.39 is 0 Å². The maximum absolute atomic E-state index is 7.04. The second-order valence-corrected chi connectivity index (χ2v) is 12.4. The lowest BCUT2D eigenvalue weighted by Gasteiger charge is -2.56. The van der Waals surface area contributed by atoms with Crippen molar-refractivity contribution in [1.82, 2.24) is 4.98 Å². The number of thiophene rings is 1. The Morgan fingerprint density at radius 3 is 2.24 bits per heavy atom. The Morgan fingerprint density at radius 1 is 0.939 bits per heavy atom. The number of nitrogens with zero attached hydrogens (tertiary/aromatic N) is 2. The van der Waals surface area contributed by atoms with Gasteiger partial charge in [-0.3, -0.25) is 0 Å². The number of aryl methyl sites for hydroxylation is 3. The van der Waals surface area contributed by atoms with E-state index in [-0.39, 0.29) is 0 Å². The van der Waals surface area contributed by atoms with Crippen LogP contribution in [-0.4, -0.2) is 4.98 Å². The predicted octanol–water partition coefficient (Wildman–Crippen LogP) is 7.13. The summed E-state index contributed by atoms with van der Waals surface area (Å²) in [5.74, 6) is 4.95. The van der Waals surface area contributed by atoms with Crippen molar-refractivity contribution in [2.75, 3.05) is 0 Å². The average Bonchev–Trinajstić information content (AvgIpc) is 3.18. The van der Waals surface area contributed by atoms with Crippen molar-refractivity contribution in [3.8, 4) is 22.8 Å². The van der Waals surface area contributed by atoms with Gasteiger partial charge in [0.25, 0.3) is 6.33 Å². The van der Waals surface area contributed by atoms with Gasteiger partial charge in [-0.2, -0.15) is 0 Å². The van der Waals surface area contributed by atoms with Gasteiger partial charge in [-0.15, -0.1) is 0 Å². The van der Waals surface area contributed by atoms with Gasteiger partial charge in [-0.25, -0.2) is 4.57 Å². The number of ether oxygens (including phenoxy) is 1. The monoisotopic (exact) mass is 453 g/mol. The molecule has 0 saturated heterocycles. The molecule has 9 rings (SSSR count). The van der Waals surface area contributed by atoms with E-state index in [1.54, 1.807) is 0 Å². The third kappa shape index (κ3) is 2.31. The van der Waals surface area contributed by atoms with E-state index in [2.05, 4.69) is 49.7 Å². The Labute approximate surface area is 198 Å². The molecule has 0 unspecified atom stereocenters. The summed E-state index contributed by atoms with van der Waals surface area (Å²) in [5, 5.41) is 3.88. The highest BCUT2D eigenvalue weighted by Crippen LogP contribution is 2.65. The number of fused-ring (bicyclic) bond motifs is 3. The van der Waals surface area contributed by atoms with Crippen LogP contribution in [0.5, 0.6) is 11.5 Å². The molecule has 3 nitrogen and oxygen atoms in total. The molecule has 0 spiro atoms. The van der Waals surface area contributed by atoms with E-state index in [9.17, 15) is 0 Å². The maximum atomic E-state index is 7.04. The summed E-state index contributed by atoms with van der Waals surface area (Å²) < 4.78 is 9.27. The zero-order chi connectivity index (χ0) is 22.1. The molecule has 0 amide bonds. The molecule has 2 aromatic carbocycles. The maximum Gasteiger partial charge on any atom is 0.288 e. The lowest BCUT2D eigenvalue weighted by atomic mass is 9.49. The number of hydrogen-bond donors (Lipinski definition) is 0.